The summed E-state index contributed by atoms with van der Waals surface area (Å²) in [5, 5.41) is -1.01. The van der Waals surface area contributed by atoms with Gasteiger partial charge in [0.25, 0.3) is 0 Å². The molecule has 0 aliphatic rings. The summed E-state index contributed by atoms with van der Waals surface area (Å²) in [6.07, 6.45) is 0. The summed E-state index contributed by atoms with van der Waals surface area (Å²) >= 11 is 10.4. The summed E-state index contributed by atoms with van der Waals surface area (Å²) in [6, 6.07) is 1.04. The summed E-state index contributed by atoms with van der Waals surface area (Å²) in [6.45, 7) is -5.29. The fraction of sp³-hybridized carbons (Fsp3) is 0. The van der Waals surface area contributed by atoms with Crippen molar-refractivity contribution >= 4 is 35.6 Å². The zero-order valence-corrected chi connectivity index (χ0v) is 7.51. The van der Waals surface area contributed by atoms with Crippen molar-refractivity contribution in [1.82, 2.24) is 0 Å². The maximum atomic E-state index is 12.6. The Labute approximate surface area is 81.5 Å². The van der Waals surface area contributed by atoms with Gasteiger partial charge in [0.2, 0.25) is 0 Å². The van der Waals surface area contributed by atoms with Crippen LogP contribution in [0.15, 0.2) is 12.1 Å². The molecule has 1 rings (SSSR count). The van der Waals surface area contributed by atoms with Crippen LogP contribution in [-0.2, 0) is 0 Å². The quantitative estimate of drug-likeness (QED) is 0.396. The minimum absolute atomic E-state index is 0.296. The molecule has 0 radical (unpaired) electrons. The molecule has 1 aromatic carbocycles. The minimum atomic E-state index is -5.29. The predicted molar refractivity (Wildman–Crippen MR) is 45.1 cm³/mol. The third kappa shape index (κ3) is 2.28. The van der Waals surface area contributed by atoms with Gasteiger partial charge in [0.1, 0.15) is 5.82 Å². The van der Waals surface area contributed by atoms with Crippen LogP contribution >= 0.6 is 23.2 Å². The lowest BCUT2D eigenvalue weighted by Gasteiger charge is -2.16. The van der Waals surface area contributed by atoms with Crippen molar-refractivity contribution in [3.8, 4) is 0 Å². The van der Waals surface area contributed by atoms with Crippen LogP contribution in [0.5, 0.6) is 0 Å². The monoisotopic (exact) mass is 231 g/mol. The molecule has 0 aliphatic heterocycles. The van der Waals surface area contributed by atoms with Gasteiger partial charge in [0.15, 0.2) is 0 Å². The van der Waals surface area contributed by atoms with E-state index in [0.29, 0.717) is 6.07 Å². The zero-order valence-electron chi connectivity index (χ0n) is 6.00. The van der Waals surface area contributed by atoms with E-state index in [1.165, 1.54) is 0 Å². The Morgan fingerprint density at radius 1 is 1.00 bits per heavy atom. The first kappa shape index (κ1) is 10.7. The Balaban J connectivity index is 3.32. The van der Waals surface area contributed by atoms with E-state index in [9.17, 15) is 17.3 Å². The smallest absolute Gasteiger partial charge is 0.445 e. The van der Waals surface area contributed by atoms with Crippen molar-refractivity contribution in [1.29, 1.82) is 0 Å². The number of hydrogen-bond donors (Lipinski definition) is 0. The molecule has 0 heterocycles. The molecule has 0 aromatic heterocycles. The van der Waals surface area contributed by atoms with Crippen LogP contribution in [0, 0.1) is 5.82 Å². The van der Waals surface area contributed by atoms with Crippen LogP contribution in [0.25, 0.3) is 0 Å². The molecule has 0 N–H and O–H groups in total. The average Bonchev–Trinajstić information content (AvgIpc) is 1.94. The third-order valence-corrected chi connectivity index (χ3v) is 2.01. The van der Waals surface area contributed by atoms with Crippen molar-refractivity contribution in [2.45, 2.75) is 0 Å². The number of rotatable bonds is 1. The molecule has 0 aliphatic carbocycles. The lowest BCUT2D eigenvalue weighted by molar-refractivity contribution is 0.500. The molecule has 13 heavy (non-hydrogen) atoms. The fourth-order valence-electron chi connectivity index (χ4n) is 0.789. The molecule has 0 saturated carbocycles. The first-order valence-electron chi connectivity index (χ1n) is 3.16. The van der Waals surface area contributed by atoms with Gasteiger partial charge >= 0.3 is 6.98 Å². The summed E-state index contributed by atoms with van der Waals surface area (Å²) in [7, 11) is 0. The Morgan fingerprint density at radius 3 is 2.00 bits per heavy atom. The van der Waals surface area contributed by atoms with Crippen LogP contribution in [-0.4, -0.2) is 6.98 Å². The highest BCUT2D eigenvalue weighted by Gasteiger charge is 2.29. The fourth-order valence-corrected chi connectivity index (χ4v) is 1.30. The van der Waals surface area contributed by atoms with E-state index in [-0.39, 0.29) is 0 Å². The van der Waals surface area contributed by atoms with Crippen LogP contribution in [0.4, 0.5) is 17.3 Å². The molecule has 0 unspecified atom stereocenters. The largest absolute Gasteiger partial charge is 0.511 e. The second-order valence-corrected chi connectivity index (χ2v) is 3.18. The number of hydrogen-bond acceptors (Lipinski definition) is 0. The molecular weight excluding hydrogens is 230 g/mol. The van der Waals surface area contributed by atoms with E-state index in [1.54, 1.807) is 0 Å². The van der Waals surface area contributed by atoms with Crippen molar-refractivity contribution in [2.75, 3.05) is 0 Å². The number of halogens is 6. The molecule has 0 saturated heterocycles. The standard InChI is InChI=1S/C6H2BCl2F4/c8-4-2-5(9)6(10)1-3(4)7(11,12)13/h1-2H/q-1. The lowest BCUT2D eigenvalue weighted by atomic mass is 9.80. The van der Waals surface area contributed by atoms with Crippen LogP contribution < -0.4 is 5.46 Å². The second kappa shape index (κ2) is 3.38. The Kier molecular flexibility index (Phi) is 2.78. The summed E-state index contributed by atoms with van der Waals surface area (Å²) in [4.78, 5) is 0. The topological polar surface area (TPSA) is 0 Å². The molecule has 0 spiro atoms. The van der Waals surface area contributed by atoms with Crippen LogP contribution in [0.3, 0.4) is 0 Å². The van der Waals surface area contributed by atoms with E-state index < -0.39 is 28.3 Å². The Hall–Kier alpha value is -0.415. The maximum absolute atomic E-state index is 12.6. The average molecular weight is 232 g/mol. The first-order valence-corrected chi connectivity index (χ1v) is 3.92. The normalized spacial score (nSPS) is 11.8. The first-order chi connectivity index (χ1) is 5.82. The highest BCUT2D eigenvalue weighted by molar-refractivity contribution is 6.76. The van der Waals surface area contributed by atoms with E-state index in [1.807, 2.05) is 0 Å². The second-order valence-electron chi connectivity index (χ2n) is 2.36. The highest BCUT2D eigenvalue weighted by atomic mass is 35.5. The zero-order chi connectivity index (χ0) is 10.2. The predicted octanol–water partition coefficient (Wildman–Crippen LogP) is 3.19. The van der Waals surface area contributed by atoms with Gasteiger partial charge in [-0.25, -0.2) is 4.39 Å². The lowest BCUT2D eigenvalue weighted by Crippen LogP contribution is -2.35. The molecule has 1 aromatic rings. The third-order valence-electron chi connectivity index (χ3n) is 1.39. The molecule has 0 nitrogen and oxygen atoms in total. The SMILES string of the molecule is Fc1cc([B-](F)(F)F)c(Cl)cc1Cl. The molecule has 7 heteroatoms. The maximum Gasteiger partial charge on any atom is 0.511 e. The van der Waals surface area contributed by atoms with Crippen LogP contribution in [0.2, 0.25) is 10.0 Å². The summed E-state index contributed by atoms with van der Waals surface area (Å²) in [5.41, 5.74) is -1.16. The molecule has 0 amide bonds. The number of benzene rings is 1. The highest BCUT2D eigenvalue weighted by Crippen LogP contribution is 2.22. The summed E-state index contributed by atoms with van der Waals surface area (Å²) in [5.74, 6) is -1.12. The van der Waals surface area contributed by atoms with Gasteiger partial charge in [0, 0.05) is 5.02 Å². The molecule has 0 fully saturated rings. The van der Waals surface area contributed by atoms with Crippen molar-refractivity contribution in [3.05, 3.63) is 28.0 Å². The van der Waals surface area contributed by atoms with Gasteiger partial charge in [-0.15, -0.1) is 0 Å². The van der Waals surface area contributed by atoms with Gasteiger partial charge in [-0.3, -0.25) is 0 Å². The molecular formula is C6H2BCl2F4-. The summed E-state index contributed by atoms with van der Waals surface area (Å²) < 4.78 is 49.0. The van der Waals surface area contributed by atoms with E-state index >= 15 is 0 Å². The van der Waals surface area contributed by atoms with Gasteiger partial charge in [-0.2, -0.15) is 0 Å². The Morgan fingerprint density at radius 2 is 1.54 bits per heavy atom. The Bertz CT molecular complexity index is 336. The van der Waals surface area contributed by atoms with Crippen molar-refractivity contribution in [2.24, 2.45) is 0 Å². The van der Waals surface area contributed by atoms with Crippen molar-refractivity contribution in [3.63, 3.8) is 0 Å². The minimum Gasteiger partial charge on any atom is -0.445 e. The van der Waals surface area contributed by atoms with Gasteiger partial charge in [0.05, 0.1) is 5.02 Å². The molecule has 72 valence electrons. The van der Waals surface area contributed by atoms with E-state index in [0.717, 1.165) is 6.07 Å². The van der Waals surface area contributed by atoms with E-state index in [4.69, 9.17) is 23.2 Å². The van der Waals surface area contributed by atoms with Crippen molar-refractivity contribution < 1.29 is 17.3 Å². The van der Waals surface area contributed by atoms with E-state index in [2.05, 4.69) is 0 Å². The van der Waals surface area contributed by atoms with Gasteiger partial charge in [-0.05, 0) is 6.07 Å². The molecule has 0 atom stereocenters. The molecule has 0 bridgehead atoms. The van der Waals surface area contributed by atoms with Gasteiger partial charge < -0.3 is 12.9 Å². The van der Waals surface area contributed by atoms with Gasteiger partial charge in [-0.1, -0.05) is 34.7 Å². The van der Waals surface area contributed by atoms with Crippen LogP contribution in [0.1, 0.15) is 0 Å².